The minimum Gasteiger partial charge on any atom is -0.378 e. The van der Waals surface area contributed by atoms with Crippen LogP contribution in [0.3, 0.4) is 0 Å². The number of ether oxygens (including phenoxy) is 1. The molecule has 37 heavy (non-hydrogen) atoms. The summed E-state index contributed by atoms with van der Waals surface area (Å²) in [5, 5.41) is 12.4. The average Bonchev–Trinajstić information content (AvgIpc) is 3.57. The third-order valence-electron chi connectivity index (χ3n) is 7.65. The molecule has 2 fully saturated rings. The molecule has 2 aliphatic rings. The van der Waals surface area contributed by atoms with Gasteiger partial charge in [0, 0.05) is 56.4 Å². The normalized spacial score (nSPS) is 17.6. The first kappa shape index (κ1) is 22.6. The van der Waals surface area contributed by atoms with Crippen molar-refractivity contribution in [2.24, 2.45) is 7.05 Å². The highest BCUT2D eigenvalue weighted by atomic mass is 32.1. The summed E-state index contributed by atoms with van der Waals surface area (Å²) in [6, 6.07) is 1.68. The fourth-order valence-corrected chi connectivity index (χ4v) is 6.58. The summed E-state index contributed by atoms with van der Waals surface area (Å²) in [4.78, 5) is 37.6. The van der Waals surface area contributed by atoms with Crippen molar-refractivity contribution in [1.29, 1.82) is 0 Å². The van der Waals surface area contributed by atoms with Crippen LogP contribution in [0.15, 0.2) is 35.6 Å². The zero-order valence-corrected chi connectivity index (χ0v) is 21.2. The number of H-pyrrole nitrogens is 1. The summed E-state index contributed by atoms with van der Waals surface area (Å²) in [5.41, 5.74) is 2.85. The Morgan fingerprint density at radius 3 is 2.95 bits per heavy atom. The molecule has 12 heteroatoms. The largest absolute Gasteiger partial charge is 0.378 e. The maximum absolute atomic E-state index is 13.1. The van der Waals surface area contributed by atoms with Crippen molar-refractivity contribution < 1.29 is 9.53 Å². The van der Waals surface area contributed by atoms with E-state index in [1.807, 2.05) is 19.4 Å². The smallest absolute Gasteiger partial charge is 0.261 e. The molecule has 5 aromatic heterocycles. The number of amides is 1. The highest BCUT2D eigenvalue weighted by molar-refractivity contribution is 7.21. The maximum atomic E-state index is 13.1. The fraction of sp³-hybridized carbons (Fsp3) is 0.400. The molecule has 1 saturated carbocycles. The number of aromatic nitrogens is 6. The van der Waals surface area contributed by atoms with Gasteiger partial charge in [-0.3, -0.25) is 24.2 Å². The summed E-state index contributed by atoms with van der Waals surface area (Å²) >= 11 is 1.48. The third-order valence-corrected chi connectivity index (χ3v) is 8.80. The van der Waals surface area contributed by atoms with Crippen LogP contribution in [0.1, 0.15) is 29.6 Å². The minimum absolute atomic E-state index is 0.162. The Kier molecular flexibility index (Phi) is 5.17. The molecule has 0 radical (unpaired) electrons. The van der Waals surface area contributed by atoms with E-state index in [1.165, 1.54) is 17.8 Å². The van der Waals surface area contributed by atoms with Gasteiger partial charge in [0.05, 0.1) is 35.4 Å². The lowest BCUT2D eigenvalue weighted by Gasteiger charge is -2.52. The first-order valence-electron chi connectivity index (χ1n) is 12.4. The lowest BCUT2D eigenvalue weighted by molar-refractivity contribution is -0.105. The van der Waals surface area contributed by atoms with Gasteiger partial charge in [-0.25, -0.2) is 4.52 Å². The standard InChI is InChI=1S/C25H26N8O3S/c1-31-12-16(11-28-31)18-13-33-24(37-18)19-21(30-33)20-17(29-23(19)35)9-15(10-27-20)22(34)26-5-6-32-7-8-36-14-25(32)3-2-4-25/h9-13H,2-8,14H2,1H3,(H,26,34)(H,29,35). The predicted molar refractivity (Wildman–Crippen MR) is 140 cm³/mol. The zero-order chi connectivity index (χ0) is 25.1. The van der Waals surface area contributed by atoms with E-state index in [1.54, 1.807) is 27.7 Å². The van der Waals surface area contributed by atoms with Crippen LogP contribution in [0.2, 0.25) is 0 Å². The van der Waals surface area contributed by atoms with Crippen molar-refractivity contribution in [2.75, 3.05) is 32.8 Å². The molecular weight excluding hydrogens is 492 g/mol. The van der Waals surface area contributed by atoms with Crippen LogP contribution in [0.4, 0.5) is 0 Å². The van der Waals surface area contributed by atoms with E-state index >= 15 is 0 Å². The quantitative estimate of drug-likeness (QED) is 0.366. The number of aromatic amines is 1. The molecular formula is C25H26N8O3S. The number of nitrogens with one attached hydrogen (secondary N) is 2. The Morgan fingerprint density at radius 1 is 1.27 bits per heavy atom. The third kappa shape index (κ3) is 3.66. The molecule has 1 aliphatic carbocycles. The van der Waals surface area contributed by atoms with Gasteiger partial charge < -0.3 is 15.0 Å². The lowest BCUT2D eigenvalue weighted by atomic mass is 9.75. The minimum atomic E-state index is -0.255. The lowest BCUT2D eigenvalue weighted by Crippen LogP contribution is -2.62. The number of nitrogens with zero attached hydrogens (tertiary/aromatic N) is 6. The van der Waals surface area contributed by atoms with Crippen LogP contribution in [0.5, 0.6) is 0 Å². The fourth-order valence-electron chi connectivity index (χ4n) is 5.52. The maximum Gasteiger partial charge on any atom is 0.261 e. The van der Waals surface area contributed by atoms with Crippen molar-refractivity contribution in [3.05, 3.63) is 46.8 Å². The second kappa shape index (κ2) is 8.47. The van der Waals surface area contributed by atoms with Crippen molar-refractivity contribution in [1.82, 2.24) is 39.6 Å². The monoisotopic (exact) mass is 518 g/mol. The van der Waals surface area contributed by atoms with Gasteiger partial charge in [-0.15, -0.1) is 11.3 Å². The Bertz CT molecular complexity index is 1730. The summed E-state index contributed by atoms with van der Waals surface area (Å²) < 4.78 is 9.16. The van der Waals surface area contributed by atoms with Crippen LogP contribution in [0.25, 0.3) is 37.2 Å². The molecule has 1 saturated heterocycles. The SMILES string of the molecule is Cn1cc(-c2cn3nc4c5ncc(C(=O)NCCN6CCOCC67CCC7)cc5[nH]c(=O)c4c3s2)cn1. The van der Waals surface area contributed by atoms with Gasteiger partial charge in [0.1, 0.15) is 21.3 Å². The summed E-state index contributed by atoms with van der Waals surface area (Å²) in [5.74, 6) is -0.210. The molecule has 0 aromatic carbocycles. The van der Waals surface area contributed by atoms with Gasteiger partial charge in [-0.1, -0.05) is 0 Å². The van der Waals surface area contributed by atoms with E-state index < -0.39 is 0 Å². The number of hydrogen-bond donors (Lipinski definition) is 2. The average molecular weight is 519 g/mol. The molecule has 7 rings (SSSR count). The number of carbonyl (C=O) groups is 1. The molecule has 0 bridgehead atoms. The number of hydrogen-bond acceptors (Lipinski definition) is 8. The van der Waals surface area contributed by atoms with E-state index in [0.717, 1.165) is 54.4 Å². The molecule has 0 unspecified atom stereocenters. The second-order valence-electron chi connectivity index (χ2n) is 9.92. The van der Waals surface area contributed by atoms with Gasteiger partial charge in [-0.2, -0.15) is 10.2 Å². The first-order chi connectivity index (χ1) is 18.0. The molecule has 5 aromatic rings. The van der Waals surface area contributed by atoms with Gasteiger partial charge in [-0.05, 0) is 25.3 Å². The molecule has 1 amide bonds. The molecule has 2 N–H and O–H groups in total. The zero-order valence-electron chi connectivity index (χ0n) is 20.4. The number of carbonyl (C=O) groups excluding carboxylic acids is 1. The molecule has 1 spiro atoms. The Balaban J connectivity index is 1.14. The van der Waals surface area contributed by atoms with E-state index in [4.69, 9.17) is 4.74 Å². The van der Waals surface area contributed by atoms with E-state index in [9.17, 15) is 9.59 Å². The number of morpholine rings is 1. The highest BCUT2D eigenvalue weighted by Gasteiger charge is 2.44. The number of thiazole rings is 1. The van der Waals surface area contributed by atoms with Crippen LogP contribution >= 0.6 is 11.3 Å². The van der Waals surface area contributed by atoms with Crippen molar-refractivity contribution in [2.45, 2.75) is 24.8 Å². The Hall–Kier alpha value is -3.61. The number of pyridine rings is 2. The highest BCUT2D eigenvalue weighted by Crippen LogP contribution is 2.39. The summed E-state index contributed by atoms with van der Waals surface area (Å²) in [6.45, 7) is 3.76. The van der Waals surface area contributed by atoms with E-state index in [-0.39, 0.29) is 17.0 Å². The number of aryl methyl sites for hydroxylation is 1. The first-order valence-corrected chi connectivity index (χ1v) is 13.3. The number of rotatable bonds is 5. The van der Waals surface area contributed by atoms with E-state index in [2.05, 4.69) is 30.4 Å². The van der Waals surface area contributed by atoms with Crippen LogP contribution in [-0.2, 0) is 11.8 Å². The second-order valence-corrected chi connectivity index (χ2v) is 10.9. The van der Waals surface area contributed by atoms with Gasteiger partial charge in [0.25, 0.3) is 11.5 Å². The molecule has 0 atom stereocenters. The van der Waals surface area contributed by atoms with Crippen LogP contribution in [-0.4, -0.2) is 78.6 Å². The molecule has 190 valence electrons. The predicted octanol–water partition coefficient (Wildman–Crippen LogP) is 2.17. The van der Waals surface area contributed by atoms with Crippen molar-refractivity contribution >= 4 is 44.0 Å². The van der Waals surface area contributed by atoms with Gasteiger partial charge >= 0.3 is 0 Å². The molecule has 6 heterocycles. The van der Waals surface area contributed by atoms with Gasteiger partial charge in [0.2, 0.25) is 0 Å². The molecule has 11 nitrogen and oxygen atoms in total. The van der Waals surface area contributed by atoms with Crippen LogP contribution < -0.4 is 10.9 Å². The summed E-state index contributed by atoms with van der Waals surface area (Å²) in [7, 11) is 1.86. The topological polar surface area (TPSA) is 122 Å². The Morgan fingerprint density at radius 2 is 2.16 bits per heavy atom. The van der Waals surface area contributed by atoms with Gasteiger partial charge in [0.15, 0.2) is 0 Å². The van der Waals surface area contributed by atoms with Crippen LogP contribution in [0, 0.1) is 0 Å². The summed E-state index contributed by atoms with van der Waals surface area (Å²) in [6.07, 6.45) is 10.7. The Labute approximate surface area is 215 Å². The molecule has 1 aliphatic heterocycles. The van der Waals surface area contributed by atoms with Crippen molar-refractivity contribution in [3.63, 3.8) is 0 Å². The number of fused-ring (bicyclic) bond motifs is 5. The van der Waals surface area contributed by atoms with E-state index in [0.29, 0.717) is 34.0 Å². The van der Waals surface area contributed by atoms with Crippen molar-refractivity contribution in [3.8, 4) is 10.4 Å².